The molecule has 1 aromatic rings. The lowest BCUT2D eigenvalue weighted by Gasteiger charge is -2.22. The molecule has 112 valence electrons. The van der Waals surface area contributed by atoms with Gasteiger partial charge in [-0.25, -0.2) is 0 Å². The van der Waals surface area contributed by atoms with Crippen molar-refractivity contribution in [3.05, 3.63) is 24.3 Å². The molecule has 0 aliphatic carbocycles. The molecule has 0 fully saturated rings. The van der Waals surface area contributed by atoms with E-state index in [1.54, 1.807) is 7.11 Å². The summed E-state index contributed by atoms with van der Waals surface area (Å²) in [5, 5.41) is 3.06. The Bertz CT molecular complexity index is 416. The van der Waals surface area contributed by atoms with E-state index >= 15 is 0 Å². The molecule has 1 aromatic carbocycles. The Balaban J connectivity index is 2.41. The van der Waals surface area contributed by atoms with Crippen LogP contribution in [0.2, 0.25) is 0 Å². The molecule has 1 rings (SSSR count). The molecule has 0 bridgehead atoms. The zero-order valence-electron chi connectivity index (χ0n) is 12.9. The van der Waals surface area contributed by atoms with E-state index in [1.807, 2.05) is 24.3 Å². The number of guanidine groups is 1. The smallest absolute Gasteiger partial charge is 0.193 e. The summed E-state index contributed by atoms with van der Waals surface area (Å²) in [5.41, 5.74) is 6.77. The fourth-order valence-corrected chi connectivity index (χ4v) is 1.72. The van der Waals surface area contributed by atoms with Crippen molar-refractivity contribution in [3.63, 3.8) is 0 Å². The molecule has 20 heavy (non-hydrogen) atoms. The lowest BCUT2D eigenvalue weighted by atomic mass is 10.2. The molecule has 0 amide bonds. The monoisotopic (exact) mass is 278 g/mol. The molecule has 3 N–H and O–H groups in total. The molecular weight excluding hydrogens is 252 g/mol. The summed E-state index contributed by atoms with van der Waals surface area (Å²) < 4.78 is 5.10. The van der Waals surface area contributed by atoms with E-state index in [9.17, 15) is 0 Å². The van der Waals surface area contributed by atoms with E-state index < -0.39 is 0 Å². The van der Waals surface area contributed by atoms with E-state index in [4.69, 9.17) is 10.5 Å². The first-order chi connectivity index (χ1) is 9.56. The Labute approximate surface area is 121 Å². The van der Waals surface area contributed by atoms with Gasteiger partial charge in [0.05, 0.1) is 13.7 Å². The van der Waals surface area contributed by atoms with Gasteiger partial charge in [-0.05, 0) is 44.7 Å². The Morgan fingerprint density at radius 3 is 2.60 bits per heavy atom. The predicted molar refractivity (Wildman–Crippen MR) is 85.5 cm³/mol. The van der Waals surface area contributed by atoms with E-state index in [0.717, 1.165) is 24.4 Å². The number of nitrogens with two attached hydrogens (primary N) is 1. The zero-order chi connectivity index (χ0) is 15.0. The first kappa shape index (κ1) is 16.3. The molecule has 1 unspecified atom stereocenters. The summed E-state index contributed by atoms with van der Waals surface area (Å²) >= 11 is 0. The normalized spacial score (nSPS) is 13.3. The second kappa shape index (κ2) is 8.43. The zero-order valence-corrected chi connectivity index (χ0v) is 12.9. The number of hydrogen-bond acceptors (Lipinski definition) is 3. The SMILES string of the molecule is CCC(C)N(C)CCN=C(N)Nc1ccc(OC)cc1. The van der Waals surface area contributed by atoms with Gasteiger partial charge in [0.15, 0.2) is 5.96 Å². The van der Waals surface area contributed by atoms with Crippen molar-refractivity contribution in [1.29, 1.82) is 0 Å². The van der Waals surface area contributed by atoms with Gasteiger partial charge in [0.1, 0.15) is 5.75 Å². The molecule has 1 atom stereocenters. The molecular formula is C15H26N4O. The average molecular weight is 278 g/mol. The first-order valence-corrected chi connectivity index (χ1v) is 6.98. The van der Waals surface area contributed by atoms with E-state index in [-0.39, 0.29) is 0 Å². The molecule has 0 spiro atoms. The third-order valence-corrected chi connectivity index (χ3v) is 3.44. The number of nitrogens with one attached hydrogen (secondary N) is 1. The van der Waals surface area contributed by atoms with Crippen LogP contribution in [0.15, 0.2) is 29.3 Å². The van der Waals surface area contributed by atoms with Gasteiger partial charge in [0.25, 0.3) is 0 Å². The largest absolute Gasteiger partial charge is 0.497 e. The predicted octanol–water partition coefficient (Wildman–Crippen LogP) is 2.15. The van der Waals surface area contributed by atoms with E-state index in [0.29, 0.717) is 18.5 Å². The summed E-state index contributed by atoms with van der Waals surface area (Å²) in [5.74, 6) is 1.26. The molecule has 0 aliphatic heterocycles. The second-order valence-corrected chi connectivity index (χ2v) is 4.86. The lowest BCUT2D eigenvalue weighted by Crippen LogP contribution is -2.31. The van der Waals surface area contributed by atoms with Crippen molar-refractivity contribution in [2.45, 2.75) is 26.3 Å². The van der Waals surface area contributed by atoms with Crippen LogP contribution in [0.1, 0.15) is 20.3 Å². The second-order valence-electron chi connectivity index (χ2n) is 4.86. The summed E-state index contributed by atoms with van der Waals surface area (Å²) in [7, 11) is 3.75. The van der Waals surface area contributed by atoms with Gasteiger partial charge in [0, 0.05) is 18.3 Å². The van der Waals surface area contributed by atoms with Crippen molar-refractivity contribution in [3.8, 4) is 5.75 Å². The van der Waals surface area contributed by atoms with Crippen LogP contribution < -0.4 is 15.8 Å². The maximum Gasteiger partial charge on any atom is 0.193 e. The minimum Gasteiger partial charge on any atom is -0.497 e. The molecule has 0 saturated heterocycles. The number of rotatable bonds is 7. The molecule has 0 saturated carbocycles. The number of benzene rings is 1. The number of likely N-dealkylation sites (N-methyl/N-ethyl adjacent to an activating group) is 1. The quantitative estimate of drug-likeness (QED) is 0.592. The fourth-order valence-electron chi connectivity index (χ4n) is 1.72. The lowest BCUT2D eigenvalue weighted by molar-refractivity contribution is 0.259. The van der Waals surface area contributed by atoms with Crippen molar-refractivity contribution >= 4 is 11.6 Å². The van der Waals surface area contributed by atoms with Crippen LogP contribution >= 0.6 is 0 Å². The fraction of sp³-hybridized carbons (Fsp3) is 0.533. The molecule has 5 heteroatoms. The summed E-state index contributed by atoms with van der Waals surface area (Å²) in [4.78, 5) is 6.61. The molecule has 0 aromatic heterocycles. The summed E-state index contributed by atoms with van der Waals surface area (Å²) in [6, 6.07) is 8.15. The number of aliphatic imine (C=N–C) groups is 1. The highest BCUT2D eigenvalue weighted by Gasteiger charge is 2.05. The average Bonchev–Trinajstić information content (AvgIpc) is 2.47. The molecule has 0 aliphatic rings. The van der Waals surface area contributed by atoms with Crippen molar-refractivity contribution in [1.82, 2.24) is 4.90 Å². The highest BCUT2D eigenvalue weighted by Crippen LogP contribution is 2.14. The van der Waals surface area contributed by atoms with Gasteiger partial charge in [-0.1, -0.05) is 6.92 Å². The van der Waals surface area contributed by atoms with Gasteiger partial charge >= 0.3 is 0 Å². The van der Waals surface area contributed by atoms with Crippen molar-refractivity contribution < 1.29 is 4.74 Å². The summed E-state index contributed by atoms with van der Waals surface area (Å²) in [6.45, 7) is 5.99. The van der Waals surface area contributed by atoms with E-state index in [1.165, 1.54) is 0 Å². The number of anilines is 1. The van der Waals surface area contributed by atoms with Crippen LogP contribution in [0.25, 0.3) is 0 Å². The minimum atomic E-state index is 0.438. The first-order valence-electron chi connectivity index (χ1n) is 6.98. The van der Waals surface area contributed by atoms with Crippen LogP contribution in [-0.2, 0) is 0 Å². The van der Waals surface area contributed by atoms with Gasteiger partial charge in [0.2, 0.25) is 0 Å². The minimum absolute atomic E-state index is 0.438. The van der Waals surface area contributed by atoms with Crippen LogP contribution in [-0.4, -0.2) is 44.1 Å². The third kappa shape index (κ3) is 5.48. The van der Waals surface area contributed by atoms with Gasteiger partial charge in [-0.3, -0.25) is 4.99 Å². The van der Waals surface area contributed by atoms with Crippen LogP contribution in [0.5, 0.6) is 5.75 Å². The number of methoxy groups -OCH3 is 1. The molecule has 0 radical (unpaired) electrons. The number of ether oxygens (including phenoxy) is 1. The maximum absolute atomic E-state index is 5.86. The van der Waals surface area contributed by atoms with Crippen LogP contribution in [0, 0.1) is 0 Å². The highest BCUT2D eigenvalue weighted by atomic mass is 16.5. The van der Waals surface area contributed by atoms with Crippen molar-refractivity contribution in [2.75, 3.05) is 32.6 Å². The van der Waals surface area contributed by atoms with Crippen LogP contribution in [0.4, 0.5) is 5.69 Å². The van der Waals surface area contributed by atoms with Gasteiger partial charge < -0.3 is 20.7 Å². The van der Waals surface area contributed by atoms with Gasteiger partial charge in [-0.15, -0.1) is 0 Å². The van der Waals surface area contributed by atoms with Crippen LogP contribution in [0.3, 0.4) is 0 Å². The molecule has 0 heterocycles. The van der Waals surface area contributed by atoms with Gasteiger partial charge in [-0.2, -0.15) is 0 Å². The Morgan fingerprint density at radius 2 is 2.05 bits per heavy atom. The number of nitrogens with zero attached hydrogens (tertiary/aromatic N) is 2. The topological polar surface area (TPSA) is 62.9 Å². The molecule has 5 nitrogen and oxygen atoms in total. The highest BCUT2D eigenvalue weighted by molar-refractivity contribution is 5.92. The van der Waals surface area contributed by atoms with Crippen molar-refractivity contribution in [2.24, 2.45) is 10.7 Å². The Morgan fingerprint density at radius 1 is 1.40 bits per heavy atom. The maximum atomic E-state index is 5.86. The Kier molecular flexibility index (Phi) is 6.87. The third-order valence-electron chi connectivity index (χ3n) is 3.44. The summed E-state index contributed by atoms with van der Waals surface area (Å²) in [6.07, 6.45) is 1.14. The number of hydrogen-bond donors (Lipinski definition) is 2. The van der Waals surface area contributed by atoms with E-state index in [2.05, 4.69) is 36.1 Å². The Hall–Kier alpha value is -1.75. The standard InChI is InChI=1S/C15H26N4O/c1-5-12(2)19(3)11-10-17-15(16)18-13-6-8-14(20-4)9-7-13/h6-9,12H,5,10-11H2,1-4H3,(H3,16,17,18).